The van der Waals surface area contributed by atoms with E-state index in [1.165, 1.54) is 37.7 Å². The number of hydrogen-bond donors (Lipinski definition) is 1. The Morgan fingerprint density at radius 2 is 1.97 bits per heavy atom. The molecule has 0 bridgehead atoms. The fraction of sp³-hybridized carbons (Fsp3) is 0.391. The third-order valence-corrected chi connectivity index (χ3v) is 6.74. The number of fused-ring (bicyclic) bond motifs is 1. The molecule has 2 aliphatic carbocycles. The first kappa shape index (κ1) is 19.2. The zero-order valence-electron chi connectivity index (χ0n) is 16.9. The van der Waals surface area contributed by atoms with Crippen LogP contribution in [0.5, 0.6) is 0 Å². The van der Waals surface area contributed by atoms with E-state index in [1.807, 2.05) is 13.1 Å². The molecule has 1 aromatic heterocycles. The van der Waals surface area contributed by atoms with Crippen LogP contribution in [0.4, 0.5) is 19.0 Å². The quantitative estimate of drug-likeness (QED) is 0.806. The van der Waals surface area contributed by atoms with Crippen LogP contribution in [-0.2, 0) is 0 Å². The van der Waals surface area contributed by atoms with E-state index in [1.54, 1.807) is 6.92 Å². The predicted molar refractivity (Wildman–Crippen MR) is 109 cm³/mol. The van der Waals surface area contributed by atoms with Gasteiger partial charge in [0.2, 0.25) is 0 Å². The maximum atomic E-state index is 14.6. The molecule has 1 unspecified atom stereocenters. The van der Waals surface area contributed by atoms with Crippen molar-refractivity contribution in [1.29, 1.82) is 0 Å². The summed E-state index contributed by atoms with van der Waals surface area (Å²) < 4.78 is 40.8. The number of nitrogens with one attached hydrogen (secondary N) is 1. The Balaban J connectivity index is 1.53. The molecule has 2 heterocycles. The van der Waals surface area contributed by atoms with E-state index in [2.05, 4.69) is 26.8 Å². The van der Waals surface area contributed by atoms with Crippen molar-refractivity contribution in [2.75, 3.05) is 5.32 Å². The van der Waals surface area contributed by atoms with E-state index >= 15 is 0 Å². The van der Waals surface area contributed by atoms with Gasteiger partial charge in [-0.1, -0.05) is 24.8 Å². The summed E-state index contributed by atoms with van der Waals surface area (Å²) in [7, 11) is 0. The molecule has 7 heteroatoms. The highest BCUT2D eigenvalue weighted by atomic mass is 19.3. The molecule has 4 nitrogen and oxygen atoms in total. The molecule has 3 aliphatic rings. The van der Waals surface area contributed by atoms with Crippen LogP contribution in [0.1, 0.15) is 56.7 Å². The maximum Gasteiger partial charge on any atom is 0.266 e. The Morgan fingerprint density at radius 1 is 1.23 bits per heavy atom. The van der Waals surface area contributed by atoms with Crippen molar-refractivity contribution < 1.29 is 13.2 Å². The predicted octanol–water partition coefficient (Wildman–Crippen LogP) is 4.02. The molecule has 1 spiro atoms. The molecule has 2 aromatic rings. The number of allylic oxidation sites excluding steroid dienone is 1. The van der Waals surface area contributed by atoms with Gasteiger partial charge in [0.15, 0.2) is 0 Å². The summed E-state index contributed by atoms with van der Waals surface area (Å²) in [5.74, 6) is -0.331. The van der Waals surface area contributed by atoms with Gasteiger partial charge in [0.1, 0.15) is 18.0 Å². The molecular weight excluding hydrogens is 389 g/mol. The summed E-state index contributed by atoms with van der Waals surface area (Å²) >= 11 is 0. The van der Waals surface area contributed by atoms with Gasteiger partial charge in [-0.2, -0.15) is 0 Å². The molecule has 156 valence electrons. The average Bonchev–Trinajstić information content (AvgIpc) is 3.64. The summed E-state index contributed by atoms with van der Waals surface area (Å²) in [5.41, 5.74) is 1.97. The van der Waals surface area contributed by atoms with Crippen LogP contribution in [-0.4, -0.2) is 20.9 Å². The SMILES string of the molecule is C=C1C(C)=c2ncnc(N[C@H](C)c3cccc(C(F)F)c3F)c2=CN1C1CC12CC2. The molecule has 30 heavy (non-hydrogen) atoms. The van der Waals surface area contributed by atoms with Gasteiger partial charge in [0.05, 0.1) is 22.2 Å². The van der Waals surface area contributed by atoms with E-state index in [4.69, 9.17) is 0 Å². The lowest BCUT2D eigenvalue weighted by Gasteiger charge is -2.27. The fourth-order valence-electron chi connectivity index (χ4n) is 4.53. The number of nitrogens with zero attached hydrogens (tertiary/aromatic N) is 3. The summed E-state index contributed by atoms with van der Waals surface area (Å²) in [6.07, 6.45) is 4.32. The Hall–Kier alpha value is -2.83. The van der Waals surface area contributed by atoms with Crippen LogP contribution in [0, 0.1) is 11.2 Å². The van der Waals surface area contributed by atoms with Crippen molar-refractivity contribution in [3.8, 4) is 0 Å². The topological polar surface area (TPSA) is 41.1 Å². The minimum atomic E-state index is -2.86. The second kappa shape index (κ2) is 6.59. The van der Waals surface area contributed by atoms with Gasteiger partial charge in [-0.3, -0.25) is 0 Å². The second-order valence-electron chi connectivity index (χ2n) is 8.59. The number of aromatic nitrogens is 2. The van der Waals surface area contributed by atoms with Crippen molar-refractivity contribution in [2.24, 2.45) is 5.41 Å². The van der Waals surface area contributed by atoms with Crippen molar-refractivity contribution in [2.45, 2.75) is 51.6 Å². The van der Waals surface area contributed by atoms with Crippen molar-refractivity contribution >= 4 is 17.6 Å². The van der Waals surface area contributed by atoms with Crippen LogP contribution < -0.4 is 15.9 Å². The van der Waals surface area contributed by atoms with E-state index in [9.17, 15) is 13.2 Å². The van der Waals surface area contributed by atoms with E-state index < -0.39 is 23.8 Å². The molecule has 2 saturated carbocycles. The molecule has 1 aliphatic heterocycles. The number of benzene rings is 1. The van der Waals surface area contributed by atoms with Gasteiger partial charge in [-0.25, -0.2) is 23.1 Å². The summed E-state index contributed by atoms with van der Waals surface area (Å²) in [5, 5.41) is 4.82. The van der Waals surface area contributed by atoms with Gasteiger partial charge in [0.25, 0.3) is 6.43 Å². The number of alkyl halides is 2. The monoisotopic (exact) mass is 412 g/mol. The zero-order valence-corrected chi connectivity index (χ0v) is 16.9. The normalized spacial score (nSPS) is 22.1. The Morgan fingerprint density at radius 3 is 2.63 bits per heavy atom. The minimum absolute atomic E-state index is 0.178. The number of anilines is 1. The highest BCUT2D eigenvalue weighted by Gasteiger charge is 2.65. The Bertz CT molecular complexity index is 1170. The van der Waals surface area contributed by atoms with E-state index in [0.717, 1.165) is 27.9 Å². The van der Waals surface area contributed by atoms with E-state index in [-0.39, 0.29) is 5.56 Å². The first-order valence-electron chi connectivity index (χ1n) is 10.2. The second-order valence-corrected chi connectivity index (χ2v) is 8.59. The molecule has 0 amide bonds. The number of halogens is 3. The lowest BCUT2D eigenvalue weighted by Crippen LogP contribution is -2.42. The summed E-state index contributed by atoms with van der Waals surface area (Å²) in [4.78, 5) is 11.0. The van der Waals surface area contributed by atoms with Crippen LogP contribution in [0.25, 0.3) is 11.8 Å². The number of rotatable bonds is 5. The van der Waals surface area contributed by atoms with Crippen molar-refractivity contribution in [3.63, 3.8) is 0 Å². The number of hydrogen-bond acceptors (Lipinski definition) is 4. The molecular formula is C23H23F3N4. The van der Waals surface area contributed by atoms with Crippen LogP contribution in [0.15, 0.2) is 36.8 Å². The summed E-state index contributed by atoms with van der Waals surface area (Å²) in [6, 6.07) is 3.99. The van der Waals surface area contributed by atoms with E-state index in [0.29, 0.717) is 17.3 Å². The van der Waals surface area contributed by atoms with Crippen LogP contribution in [0.3, 0.4) is 0 Å². The minimum Gasteiger partial charge on any atom is -0.363 e. The van der Waals surface area contributed by atoms with Crippen LogP contribution in [0.2, 0.25) is 0 Å². The average molecular weight is 412 g/mol. The van der Waals surface area contributed by atoms with Gasteiger partial charge in [0, 0.05) is 23.5 Å². The van der Waals surface area contributed by atoms with Crippen molar-refractivity contribution in [1.82, 2.24) is 14.9 Å². The zero-order chi connectivity index (χ0) is 21.2. The van der Waals surface area contributed by atoms with Gasteiger partial charge >= 0.3 is 0 Å². The maximum absolute atomic E-state index is 14.6. The lowest BCUT2D eigenvalue weighted by atomic mass is 10.0. The third kappa shape index (κ3) is 2.90. The summed E-state index contributed by atoms with van der Waals surface area (Å²) in [6.45, 7) is 7.99. The largest absolute Gasteiger partial charge is 0.363 e. The Labute approximate surface area is 172 Å². The van der Waals surface area contributed by atoms with Crippen LogP contribution >= 0.6 is 0 Å². The van der Waals surface area contributed by atoms with Gasteiger partial charge in [-0.15, -0.1) is 0 Å². The molecule has 2 fully saturated rings. The highest BCUT2D eigenvalue weighted by molar-refractivity contribution is 5.67. The highest BCUT2D eigenvalue weighted by Crippen LogP contribution is 2.68. The van der Waals surface area contributed by atoms with Gasteiger partial charge in [-0.05, 0) is 44.1 Å². The van der Waals surface area contributed by atoms with Crippen molar-refractivity contribution in [3.05, 3.63) is 64.3 Å². The molecule has 1 N–H and O–H groups in total. The standard InChI is InChI=1S/C23H23F3N4/c1-12-14(3)30(18-9-23(18)7-8-23)10-17-20(12)27-11-28-22(17)29-13(2)15-5-4-6-16(19(15)24)21(25)26/h4-6,10-11,13,18,21H,3,7-9H2,1-2H3,(H,27,28,29)/t13-,18?/m1/s1. The molecule has 2 atom stereocenters. The fourth-order valence-corrected chi connectivity index (χ4v) is 4.53. The molecule has 0 radical (unpaired) electrons. The molecule has 1 aromatic carbocycles. The first-order valence-corrected chi connectivity index (χ1v) is 10.2. The Kier molecular flexibility index (Phi) is 4.21. The molecule has 0 saturated heterocycles. The first-order chi connectivity index (χ1) is 14.3. The lowest BCUT2D eigenvalue weighted by molar-refractivity contribution is 0.146. The molecule has 5 rings (SSSR count). The smallest absolute Gasteiger partial charge is 0.266 e. The van der Waals surface area contributed by atoms with Gasteiger partial charge < -0.3 is 10.2 Å². The third-order valence-electron chi connectivity index (χ3n) is 6.74.